The summed E-state index contributed by atoms with van der Waals surface area (Å²) < 4.78 is 5.21. The van der Waals surface area contributed by atoms with Crippen LogP contribution >= 0.6 is 11.6 Å². The normalized spacial score (nSPS) is 14.6. The summed E-state index contributed by atoms with van der Waals surface area (Å²) >= 11 is 6.03. The molecule has 0 bridgehead atoms. The van der Waals surface area contributed by atoms with Crippen molar-refractivity contribution < 1.29 is 14.3 Å². The van der Waals surface area contributed by atoms with E-state index in [9.17, 15) is 9.59 Å². The smallest absolute Gasteiger partial charge is 0.233 e. The van der Waals surface area contributed by atoms with Crippen molar-refractivity contribution in [3.8, 4) is 5.75 Å². The van der Waals surface area contributed by atoms with Gasteiger partial charge < -0.3 is 15.0 Å². The lowest BCUT2D eigenvalue weighted by atomic mass is 10.1. The van der Waals surface area contributed by atoms with Crippen LogP contribution in [0.5, 0.6) is 5.75 Å². The molecule has 22 heavy (non-hydrogen) atoms. The number of anilines is 1. The monoisotopic (exact) mass is 324 g/mol. The fourth-order valence-corrected chi connectivity index (χ4v) is 2.67. The highest BCUT2D eigenvalue weighted by Gasteiger charge is 2.20. The van der Waals surface area contributed by atoms with E-state index >= 15 is 0 Å². The predicted molar refractivity (Wildman–Crippen MR) is 86.4 cm³/mol. The first-order chi connectivity index (χ1) is 10.5. The fraction of sp³-hybridized carbons (Fsp3) is 0.500. The minimum Gasteiger partial charge on any atom is -0.495 e. The molecule has 2 rings (SSSR count). The highest BCUT2D eigenvalue weighted by Crippen LogP contribution is 2.31. The maximum Gasteiger partial charge on any atom is 0.233 e. The summed E-state index contributed by atoms with van der Waals surface area (Å²) in [4.78, 5) is 25.9. The number of hydrogen-bond acceptors (Lipinski definition) is 3. The molecule has 1 aliphatic rings. The van der Waals surface area contributed by atoms with Gasteiger partial charge in [0.15, 0.2) is 0 Å². The number of rotatable bonds is 4. The number of piperidine rings is 1. The number of likely N-dealkylation sites (tertiary alicyclic amines) is 1. The molecule has 0 saturated carbocycles. The Balaban J connectivity index is 1.99. The van der Waals surface area contributed by atoms with E-state index in [1.165, 1.54) is 7.11 Å². The van der Waals surface area contributed by atoms with Crippen LogP contribution in [0.4, 0.5) is 5.69 Å². The van der Waals surface area contributed by atoms with Crippen molar-refractivity contribution in [1.82, 2.24) is 4.90 Å². The number of carbonyl (C=O) groups is 2. The van der Waals surface area contributed by atoms with Gasteiger partial charge >= 0.3 is 0 Å². The van der Waals surface area contributed by atoms with E-state index in [0.29, 0.717) is 16.5 Å². The standard InChI is InChI=1S/C16H21ClN2O3/c1-11-8-13(14(22-2)9-12(11)17)18-15(20)10-16(21)19-6-4-3-5-7-19/h8-9H,3-7,10H2,1-2H3,(H,18,20). The van der Waals surface area contributed by atoms with Gasteiger partial charge in [-0.3, -0.25) is 9.59 Å². The van der Waals surface area contributed by atoms with Crippen molar-refractivity contribution in [2.75, 3.05) is 25.5 Å². The Kier molecular flexibility index (Phi) is 5.66. The zero-order valence-corrected chi connectivity index (χ0v) is 13.7. The number of nitrogens with one attached hydrogen (secondary N) is 1. The largest absolute Gasteiger partial charge is 0.495 e. The molecular formula is C16H21ClN2O3. The molecule has 2 amide bonds. The molecule has 120 valence electrons. The lowest BCUT2D eigenvalue weighted by Crippen LogP contribution is -2.37. The SMILES string of the molecule is COc1cc(Cl)c(C)cc1NC(=O)CC(=O)N1CCCCC1. The number of amides is 2. The molecule has 6 heteroatoms. The minimum atomic E-state index is -0.337. The van der Waals surface area contributed by atoms with E-state index < -0.39 is 0 Å². The van der Waals surface area contributed by atoms with E-state index in [0.717, 1.165) is 37.9 Å². The Labute approximate surface area is 135 Å². The topological polar surface area (TPSA) is 58.6 Å². The van der Waals surface area contributed by atoms with Gasteiger partial charge in [0.05, 0.1) is 12.8 Å². The second-order valence-electron chi connectivity index (χ2n) is 5.47. The number of methoxy groups -OCH3 is 1. The Morgan fingerprint density at radius 3 is 2.59 bits per heavy atom. The first-order valence-electron chi connectivity index (χ1n) is 7.43. The summed E-state index contributed by atoms with van der Waals surface area (Å²) in [5, 5.41) is 3.30. The average molecular weight is 325 g/mol. The van der Waals surface area contributed by atoms with Gasteiger partial charge in [0.2, 0.25) is 11.8 Å². The second-order valence-corrected chi connectivity index (χ2v) is 5.88. The van der Waals surface area contributed by atoms with Crippen molar-refractivity contribution in [2.45, 2.75) is 32.6 Å². The van der Waals surface area contributed by atoms with E-state index in [1.807, 2.05) is 6.92 Å². The Morgan fingerprint density at radius 1 is 1.27 bits per heavy atom. The quantitative estimate of drug-likeness (QED) is 0.866. The van der Waals surface area contributed by atoms with Gasteiger partial charge in [0, 0.05) is 24.2 Å². The van der Waals surface area contributed by atoms with Crippen LogP contribution in [0, 0.1) is 6.92 Å². The summed E-state index contributed by atoms with van der Waals surface area (Å²) in [6, 6.07) is 3.39. The van der Waals surface area contributed by atoms with Gasteiger partial charge in [-0.05, 0) is 37.8 Å². The first kappa shape index (κ1) is 16.6. The Morgan fingerprint density at radius 2 is 1.95 bits per heavy atom. The van der Waals surface area contributed by atoms with Crippen LogP contribution in [-0.4, -0.2) is 36.9 Å². The minimum absolute atomic E-state index is 0.123. The van der Waals surface area contributed by atoms with Gasteiger partial charge in [0.1, 0.15) is 12.2 Å². The van der Waals surface area contributed by atoms with Crippen molar-refractivity contribution in [1.29, 1.82) is 0 Å². The molecule has 0 radical (unpaired) electrons. The Bertz CT molecular complexity index is 569. The first-order valence-corrected chi connectivity index (χ1v) is 7.81. The van der Waals surface area contributed by atoms with Crippen molar-refractivity contribution in [3.63, 3.8) is 0 Å². The predicted octanol–water partition coefficient (Wildman–Crippen LogP) is 3.00. The third kappa shape index (κ3) is 4.13. The molecule has 0 aliphatic carbocycles. The fourth-order valence-electron chi connectivity index (χ4n) is 2.52. The van der Waals surface area contributed by atoms with Gasteiger partial charge in [-0.15, -0.1) is 0 Å². The van der Waals surface area contributed by atoms with Crippen LogP contribution in [0.1, 0.15) is 31.2 Å². The number of nitrogens with zero attached hydrogens (tertiary/aromatic N) is 1. The molecule has 1 aromatic carbocycles. The van der Waals surface area contributed by atoms with Crippen LogP contribution in [0.25, 0.3) is 0 Å². The van der Waals surface area contributed by atoms with Gasteiger partial charge in [-0.1, -0.05) is 11.6 Å². The van der Waals surface area contributed by atoms with E-state index in [2.05, 4.69) is 5.32 Å². The Hall–Kier alpha value is -1.75. The van der Waals surface area contributed by atoms with Gasteiger partial charge in [-0.25, -0.2) is 0 Å². The molecule has 1 heterocycles. The number of ether oxygens (including phenoxy) is 1. The molecule has 1 N–H and O–H groups in total. The van der Waals surface area contributed by atoms with E-state index in [-0.39, 0.29) is 18.2 Å². The summed E-state index contributed by atoms with van der Waals surface area (Å²) in [5.74, 6) is 0.0202. The molecular weight excluding hydrogens is 304 g/mol. The van der Waals surface area contributed by atoms with Gasteiger partial charge in [0.25, 0.3) is 0 Å². The maximum absolute atomic E-state index is 12.1. The molecule has 5 nitrogen and oxygen atoms in total. The molecule has 0 unspecified atom stereocenters. The lowest BCUT2D eigenvalue weighted by molar-refractivity contribution is -0.135. The zero-order valence-electron chi connectivity index (χ0n) is 12.9. The van der Waals surface area contributed by atoms with Crippen molar-refractivity contribution >= 4 is 29.1 Å². The third-order valence-electron chi connectivity index (χ3n) is 3.78. The van der Waals surface area contributed by atoms with Crippen LogP contribution in [0.3, 0.4) is 0 Å². The molecule has 1 saturated heterocycles. The number of benzene rings is 1. The van der Waals surface area contributed by atoms with Crippen LogP contribution in [0.2, 0.25) is 5.02 Å². The lowest BCUT2D eigenvalue weighted by Gasteiger charge is -2.26. The molecule has 1 fully saturated rings. The molecule has 1 aliphatic heterocycles. The van der Waals surface area contributed by atoms with E-state index in [4.69, 9.17) is 16.3 Å². The third-order valence-corrected chi connectivity index (χ3v) is 4.18. The second kappa shape index (κ2) is 7.49. The number of hydrogen-bond donors (Lipinski definition) is 1. The molecule has 0 aromatic heterocycles. The van der Waals surface area contributed by atoms with Crippen LogP contribution in [0.15, 0.2) is 12.1 Å². The average Bonchev–Trinajstić information content (AvgIpc) is 2.51. The van der Waals surface area contributed by atoms with Crippen LogP contribution < -0.4 is 10.1 Å². The summed E-state index contributed by atoms with van der Waals surface area (Å²) in [7, 11) is 1.51. The van der Waals surface area contributed by atoms with Crippen molar-refractivity contribution in [2.24, 2.45) is 0 Å². The maximum atomic E-state index is 12.1. The summed E-state index contributed by atoms with van der Waals surface area (Å²) in [5.41, 5.74) is 1.36. The highest BCUT2D eigenvalue weighted by molar-refractivity contribution is 6.31. The van der Waals surface area contributed by atoms with E-state index in [1.54, 1.807) is 17.0 Å². The highest BCUT2D eigenvalue weighted by atomic mass is 35.5. The van der Waals surface area contributed by atoms with Crippen molar-refractivity contribution in [3.05, 3.63) is 22.7 Å². The summed E-state index contributed by atoms with van der Waals surface area (Å²) in [6.45, 7) is 3.33. The number of carbonyl (C=O) groups excluding carboxylic acids is 2. The summed E-state index contributed by atoms with van der Waals surface area (Å²) in [6.07, 6.45) is 3.02. The van der Waals surface area contributed by atoms with Crippen LogP contribution in [-0.2, 0) is 9.59 Å². The molecule has 0 spiro atoms. The number of aryl methyl sites for hydroxylation is 1. The molecule has 1 aromatic rings. The molecule has 0 atom stereocenters. The van der Waals surface area contributed by atoms with Gasteiger partial charge in [-0.2, -0.15) is 0 Å². The zero-order chi connectivity index (χ0) is 16.1. The number of halogens is 1.